The molecule has 2 aromatic heterocycles. The maximum Gasteiger partial charge on any atom is 0.337 e. The second kappa shape index (κ2) is 8.95. The van der Waals surface area contributed by atoms with Crippen LogP contribution in [0.1, 0.15) is 26.5 Å². The third-order valence-corrected chi connectivity index (χ3v) is 6.10. The molecule has 1 N–H and O–H groups in total. The molecule has 0 atom stereocenters. The fourth-order valence-electron chi connectivity index (χ4n) is 3.57. The first-order valence-corrected chi connectivity index (χ1v) is 11.0. The van der Waals surface area contributed by atoms with Crippen LogP contribution in [-0.4, -0.2) is 33.8 Å². The fourth-order valence-corrected chi connectivity index (χ4v) is 4.48. The quantitative estimate of drug-likeness (QED) is 0.452. The lowest BCUT2D eigenvalue weighted by molar-refractivity contribution is -0.117. The summed E-state index contributed by atoms with van der Waals surface area (Å²) in [6.45, 7) is 5.57. The number of carbonyl (C=O) groups is 2. The highest BCUT2D eigenvalue weighted by atomic mass is 32.1. The Labute approximate surface area is 193 Å². The van der Waals surface area contributed by atoms with Crippen LogP contribution >= 0.6 is 11.3 Å². The number of hydrogen-bond acceptors (Lipinski definition) is 7. The summed E-state index contributed by atoms with van der Waals surface area (Å²) in [4.78, 5) is 41.7. The number of benzene rings is 2. The highest BCUT2D eigenvalue weighted by molar-refractivity contribution is 7.19. The number of anilines is 1. The summed E-state index contributed by atoms with van der Waals surface area (Å²) in [6.07, 6.45) is 0. The van der Waals surface area contributed by atoms with Crippen LogP contribution in [0.15, 0.2) is 47.3 Å². The average molecular weight is 463 g/mol. The second-order valence-electron chi connectivity index (χ2n) is 7.66. The van der Waals surface area contributed by atoms with Gasteiger partial charge in [-0.3, -0.25) is 9.59 Å². The average Bonchev–Trinajstić information content (AvgIpc) is 3.18. The Bertz CT molecular complexity index is 1440. The van der Waals surface area contributed by atoms with E-state index in [-0.39, 0.29) is 6.54 Å². The smallest absolute Gasteiger partial charge is 0.337 e. The van der Waals surface area contributed by atoms with Crippen LogP contribution < -0.4 is 10.9 Å². The minimum absolute atomic E-state index is 0.276. The van der Waals surface area contributed by atoms with Gasteiger partial charge < -0.3 is 10.1 Å². The number of thiazole rings is 1. The van der Waals surface area contributed by atoms with Crippen molar-refractivity contribution in [1.29, 1.82) is 0 Å². The van der Waals surface area contributed by atoms with E-state index in [1.165, 1.54) is 18.4 Å². The van der Waals surface area contributed by atoms with E-state index >= 15 is 0 Å². The summed E-state index contributed by atoms with van der Waals surface area (Å²) < 4.78 is 6.53. The molecule has 0 fully saturated rings. The third-order valence-electron chi connectivity index (χ3n) is 5.13. The molecular weight excluding hydrogens is 440 g/mol. The molecule has 0 aliphatic rings. The van der Waals surface area contributed by atoms with Crippen molar-refractivity contribution < 1.29 is 14.3 Å². The topological polar surface area (TPSA) is 103 Å². The molecule has 33 heavy (non-hydrogen) atoms. The normalized spacial score (nSPS) is 10.9. The van der Waals surface area contributed by atoms with Crippen LogP contribution in [0.5, 0.6) is 0 Å². The number of nitrogens with one attached hydrogen (secondary N) is 1. The molecule has 0 saturated carbocycles. The van der Waals surface area contributed by atoms with Gasteiger partial charge in [-0.15, -0.1) is 11.3 Å². The second-order valence-corrected chi connectivity index (χ2v) is 8.86. The van der Waals surface area contributed by atoms with E-state index in [1.54, 1.807) is 24.3 Å². The largest absolute Gasteiger partial charge is 0.465 e. The molecule has 0 bridgehead atoms. The summed E-state index contributed by atoms with van der Waals surface area (Å²) in [5, 5.41) is 8.03. The van der Waals surface area contributed by atoms with E-state index in [4.69, 9.17) is 0 Å². The summed E-state index contributed by atoms with van der Waals surface area (Å²) in [7, 11) is 1.30. The predicted octanol–water partition coefficient (Wildman–Crippen LogP) is 3.87. The molecule has 0 aliphatic carbocycles. The lowest BCUT2D eigenvalue weighted by Gasteiger charge is -2.11. The van der Waals surface area contributed by atoms with Crippen molar-refractivity contribution in [2.45, 2.75) is 27.3 Å². The lowest BCUT2D eigenvalue weighted by Crippen LogP contribution is -2.30. The maximum absolute atomic E-state index is 13.0. The highest BCUT2D eigenvalue weighted by Crippen LogP contribution is 2.31. The molecule has 0 aliphatic heterocycles. The number of ether oxygens (including phenoxy) is 1. The maximum atomic E-state index is 13.0. The summed E-state index contributed by atoms with van der Waals surface area (Å²) in [5.41, 5.74) is 4.41. The van der Waals surface area contributed by atoms with Crippen molar-refractivity contribution in [2.75, 3.05) is 12.4 Å². The number of hydrogen-bond donors (Lipinski definition) is 1. The number of nitrogens with zero attached hydrogens (tertiary/aromatic N) is 3. The predicted molar refractivity (Wildman–Crippen MR) is 128 cm³/mol. The van der Waals surface area contributed by atoms with Gasteiger partial charge in [-0.25, -0.2) is 14.5 Å². The Hall–Kier alpha value is -3.85. The van der Waals surface area contributed by atoms with Crippen molar-refractivity contribution >= 4 is 39.1 Å². The van der Waals surface area contributed by atoms with Crippen molar-refractivity contribution in [2.24, 2.45) is 0 Å². The minimum atomic E-state index is -0.464. The van der Waals surface area contributed by atoms with Crippen LogP contribution in [0.2, 0.25) is 0 Å². The van der Waals surface area contributed by atoms with Gasteiger partial charge in [-0.05, 0) is 50.6 Å². The van der Waals surface area contributed by atoms with Crippen LogP contribution in [0.4, 0.5) is 5.69 Å². The Kier molecular flexibility index (Phi) is 6.06. The van der Waals surface area contributed by atoms with Crippen LogP contribution in [0, 0.1) is 20.8 Å². The fraction of sp³-hybridized carbons (Fsp3) is 0.208. The number of aryl methyl sites for hydroxylation is 3. The van der Waals surface area contributed by atoms with Gasteiger partial charge in [0, 0.05) is 11.3 Å². The number of carbonyl (C=O) groups excluding carboxylic acids is 2. The van der Waals surface area contributed by atoms with Gasteiger partial charge in [0.25, 0.3) is 5.56 Å². The monoisotopic (exact) mass is 462 g/mol. The van der Waals surface area contributed by atoms with E-state index in [2.05, 4.69) is 26.2 Å². The third kappa shape index (κ3) is 4.54. The van der Waals surface area contributed by atoms with Crippen molar-refractivity contribution in [3.05, 3.63) is 74.5 Å². The number of aromatic nitrogens is 3. The number of amides is 1. The summed E-state index contributed by atoms with van der Waals surface area (Å²) in [6, 6.07) is 12.3. The van der Waals surface area contributed by atoms with Gasteiger partial charge in [0.15, 0.2) is 5.52 Å². The Morgan fingerprint density at radius 2 is 1.82 bits per heavy atom. The van der Waals surface area contributed by atoms with Crippen LogP contribution in [-0.2, 0) is 16.1 Å². The number of rotatable bonds is 5. The number of esters is 1. The molecule has 1 amide bonds. The number of fused-ring (bicyclic) bond motifs is 1. The first kappa shape index (κ1) is 22.3. The first-order valence-electron chi connectivity index (χ1n) is 10.2. The SMILES string of the molecule is COC(=O)c1ccc(NC(=O)Cn2nc(-c3ccc(C)cc3C)c3sc(C)nc3c2=O)cc1. The van der Waals surface area contributed by atoms with Gasteiger partial charge in [0.2, 0.25) is 5.91 Å². The van der Waals surface area contributed by atoms with E-state index in [9.17, 15) is 14.4 Å². The molecule has 2 aromatic carbocycles. The Morgan fingerprint density at radius 3 is 2.48 bits per heavy atom. The Morgan fingerprint density at radius 1 is 1.09 bits per heavy atom. The lowest BCUT2D eigenvalue weighted by atomic mass is 10.0. The van der Waals surface area contributed by atoms with Crippen molar-refractivity contribution in [3.8, 4) is 11.3 Å². The standard InChI is InChI=1S/C24H22N4O4S/c1-13-5-10-18(14(2)11-13)20-22-21(25-15(3)33-22)23(30)28(27-20)12-19(29)26-17-8-6-16(7-9-17)24(31)32-4/h5-11H,12H2,1-4H3,(H,26,29). The molecule has 0 spiro atoms. The molecular formula is C24H22N4O4S. The molecule has 0 unspecified atom stereocenters. The zero-order chi connectivity index (χ0) is 23.7. The van der Waals surface area contributed by atoms with E-state index in [0.29, 0.717) is 27.2 Å². The van der Waals surface area contributed by atoms with E-state index in [1.807, 2.05) is 32.9 Å². The molecule has 2 heterocycles. The molecule has 168 valence electrons. The molecule has 0 radical (unpaired) electrons. The summed E-state index contributed by atoms with van der Waals surface area (Å²) in [5.74, 6) is -0.886. The molecule has 4 rings (SSSR count). The van der Waals surface area contributed by atoms with Gasteiger partial charge in [-0.1, -0.05) is 23.8 Å². The molecule has 0 saturated heterocycles. The van der Waals surface area contributed by atoms with Gasteiger partial charge in [0.1, 0.15) is 12.2 Å². The van der Waals surface area contributed by atoms with Crippen LogP contribution in [0.3, 0.4) is 0 Å². The van der Waals surface area contributed by atoms with E-state index in [0.717, 1.165) is 26.4 Å². The molecule has 8 nitrogen and oxygen atoms in total. The zero-order valence-electron chi connectivity index (χ0n) is 18.6. The molecule has 9 heteroatoms. The van der Waals surface area contributed by atoms with E-state index < -0.39 is 17.4 Å². The number of methoxy groups -OCH3 is 1. The minimum Gasteiger partial charge on any atom is -0.465 e. The Balaban J connectivity index is 1.68. The first-order chi connectivity index (χ1) is 15.8. The van der Waals surface area contributed by atoms with Crippen molar-refractivity contribution in [3.63, 3.8) is 0 Å². The van der Waals surface area contributed by atoms with Crippen LogP contribution in [0.25, 0.3) is 21.5 Å². The van der Waals surface area contributed by atoms with Gasteiger partial charge in [0.05, 0.1) is 22.4 Å². The van der Waals surface area contributed by atoms with Gasteiger partial charge in [-0.2, -0.15) is 5.10 Å². The molecule has 4 aromatic rings. The van der Waals surface area contributed by atoms with Gasteiger partial charge >= 0.3 is 5.97 Å². The highest BCUT2D eigenvalue weighted by Gasteiger charge is 2.19. The summed E-state index contributed by atoms with van der Waals surface area (Å²) >= 11 is 1.41. The van der Waals surface area contributed by atoms with Crippen molar-refractivity contribution in [1.82, 2.24) is 14.8 Å². The zero-order valence-corrected chi connectivity index (χ0v) is 19.4.